The Kier molecular flexibility index (Phi) is 4.42. The number of carbonyl (C=O) groups is 2. The van der Waals surface area contributed by atoms with Gasteiger partial charge in [-0.05, 0) is 37.1 Å². The minimum atomic E-state index is -0.391. The SMILES string of the molecule is CCOC(=O)c1[nH]cc(C)c1-c1ccc(C(=O)OC)cc1. The molecule has 21 heavy (non-hydrogen) atoms. The average Bonchev–Trinajstić information content (AvgIpc) is 2.88. The zero-order valence-electron chi connectivity index (χ0n) is 12.2. The summed E-state index contributed by atoms with van der Waals surface area (Å²) in [7, 11) is 1.34. The average molecular weight is 287 g/mol. The molecule has 2 rings (SSSR count). The van der Waals surface area contributed by atoms with Gasteiger partial charge in [-0.15, -0.1) is 0 Å². The summed E-state index contributed by atoms with van der Waals surface area (Å²) in [5, 5.41) is 0. The summed E-state index contributed by atoms with van der Waals surface area (Å²) in [6.45, 7) is 3.99. The summed E-state index contributed by atoms with van der Waals surface area (Å²) >= 11 is 0. The Balaban J connectivity index is 2.40. The first-order chi connectivity index (χ1) is 10.1. The van der Waals surface area contributed by atoms with E-state index in [1.54, 1.807) is 37.4 Å². The van der Waals surface area contributed by atoms with Gasteiger partial charge < -0.3 is 14.5 Å². The largest absolute Gasteiger partial charge is 0.465 e. The lowest BCUT2D eigenvalue weighted by Crippen LogP contribution is -2.06. The van der Waals surface area contributed by atoms with Crippen molar-refractivity contribution in [1.82, 2.24) is 4.98 Å². The molecule has 0 atom stereocenters. The second-order valence-electron chi connectivity index (χ2n) is 4.51. The van der Waals surface area contributed by atoms with Gasteiger partial charge in [0.1, 0.15) is 5.69 Å². The summed E-state index contributed by atoms with van der Waals surface area (Å²) in [6, 6.07) is 6.90. The van der Waals surface area contributed by atoms with E-state index in [4.69, 9.17) is 4.74 Å². The zero-order valence-corrected chi connectivity index (χ0v) is 12.2. The first kappa shape index (κ1) is 14.8. The highest BCUT2D eigenvalue weighted by molar-refractivity contribution is 5.97. The van der Waals surface area contributed by atoms with Crippen molar-refractivity contribution in [3.8, 4) is 11.1 Å². The topological polar surface area (TPSA) is 68.4 Å². The number of rotatable bonds is 4. The van der Waals surface area contributed by atoms with Crippen LogP contribution in [-0.4, -0.2) is 30.6 Å². The minimum Gasteiger partial charge on any atom is -0.465 e. The van der Waals surface area contributed by atoms with Gasteiger partial charge in [0, 0.05) is 11.8 Å². The first-order valence-corrected chi connectivity index (χ1v) is 6.62. The molecule has 1 aromatic carbocycles. The van der Waals surface area contributed by atoms with Crippen molar-refractivity contribution in [2.45, 2.75) is 13.8 Å². The molecule has 5 nitrogen and oxygen atoms in total. The summed E-state index contributed by atoms with van der Waals surface area (Å²) < 4.78 is 9.70. The third-order valence-corrected chi connectivity index (χ3v) is 3.15. The Hall–Kier alpha value is -2.56. The number of nitrogens with one attached hydrogen (secondary N) is 1. The second-order valence-corrected chi connectivity index (χ2v) is 4.51. The molecule has 0 saturated heterocycles. The van der Waals surface area contributed by atoms with Crippen LogP contribution >= 0.6 is 0 Å². The fourth-order valence-corrected chi connectivity index (χ4v) is 2.15. The number of aromatic nitrogens is 1. The molecule has 1 aromatic heterocycles. The van der Waals surface area contributed by atoms with Gasteiger partial charge in [-0.1, -0.05) is 12.1 Å². The highest BCUT2D eigenvalue weighted by Gasteiger charge is 2.18. The lowest BCUT2D eigenvalue weighted by molar-refractivity contribution is 0.0520. The Morgan fingerprint density at radius 2 is 1.81 bits per heavy atom. The molecule has 110 valence electrons. The molecule has 0 amide bonds. The molecule has 0 fully saturated rings. The summed E-state index contributed by atoms with van der Waals surface area (Å²) in [4.78, 5) is 26.3. The van der Waals surface area contributed by atoms with Crippen molar-refractivity contribution >= 4 is 11.9 Å². The van der Waals surface area contributed by atoms with Crippen LogP contribution in [-0.2, 0) is 9.47 Å². The van der Waals surface area contributed by atoms with Gasteiger partial charge in [0.15, 0.2) is 0 Å². The Morgan fingerprint density at radius 1 is 1.14 bits per heavy atom. The van der Waals surface area contributed by atoms with Gasteiger partial charge in [0.05, 0.1) is 19.3 Å². The summed E-state index contributed by atoms with van der Waals surface area (Å²) in [5.74, 6) is -0.782. The van der Waals surface area contributed by atoms with E-state index >= 15 is 0 Å². The van der Waals surface area contributed by atoms with E-state index in [2.05, 4.69) is 9.72 Å². The first-order valence-electron chi connectivity index (χ1n) is 6.62. The number of H-pyrrole nitrogens is 1. The van der Waals surface area contributed by atoms with E-state index < -0.39 is 11.9 Å². The fourth-order valence-electron chi connectivity index (χ4n) is 2.15. The molecule has 0 unspecified atom stereocenters. The van der Waals surface area contributed by atoms with Crippen LogP contribution in [0.4, 0.5) is 0 Å². The molecule has 5 heteroatoms. The molecule has 0 aliphatic rings. The number of carbonyl (C=O) groups excluding carboxylic acids is 2. The van der Waals surface area contributed by atoms with Gasteiger partial charge in [-0.3, -0.25) is 0 Å². The predicted molar refractivity (Wildman–Crippen MR) is 78.3 cm³/mol. The van der Waals surface area contributed by atoms with Crippen LogP contribution < -0.4 is 0 Å². The predicted octanol–water partition coefficient (Wildman–Crippen LogP) is 2.95. The van der Waals surface area contributed by atoms with Gasteiger partial charge >= 0.3 is 11.9 Å². The van der Waals surface area contributed by atoms with E-state index in [0.717, 1.165) is 16.7 Å². The third kappa shape index (κ3) is 2.97. The fraction of sp³-hybridized carbons (Fsp3) is 0.250. The zero-order chi connectivity index (χ0) is 15.4. The standard InChI is InChI=1S/C16H17NO4/c1-4-21-16(19)14-13(10(2)9-17-14)11-5-7-12(8-6-11)15(18)20-3/h5-9,17H,4H2,1-3H3. The number of benzene rings is 1. The molecule has 0 aliphatic heterocycles. The molecule has 0 aliphatic carbocycles. The van der Waals surface area contributed by atoms with E-state index in [0.29, 0.717) is 17.9 Å². The summed E-state index contributed by atoms with van der Waals surface area (Å²) in [6.07, 6.45) is 1.76. The van der Waals surface area contributed by atoms with Gasteiger partial charge in [0.2, 0.25) is 0 Å². The number of ether oxygens (including phenoxy) is 2. The van der Waals surface area contributed by atoms with E-state index in [1.165, 1.54) is 7.11 Å². The van der Waals surface area contributed by atoms with Crippen LogP contribution in [0.5, 0.6) is 0 Å². The maximum absolute atomic E-state index is 11.9. The maximum Gasteiger partial charge on any atom is 0.355 e. The molecular weight excluding hydrogens is 270 g/mol. The van der Waals surface area contributed by atoms with Crippen LogP contribution in [0, 0.1) is 6.92 Å². The van der Waals surface area contributed by atoms with E-state index in [9.17, 15) is 9.59 Å². The Labute approximate surface area is 122 Å². The normalized spacial score (nSPS) is 10.2. The molecule has 0 bridgehead atoms. The van der Waals surface area contributed by atoms with E-state index in [1.807, 2.05) is 6.92 Å². The van der Waals surface area contributed by atoms with Crippen LogP contribution in [0.1, 0.15) is 33.3 Å². The molecule has 0 radical (unpaired) electrons. The lowest BCUT2D eigenvalue weighted by atomic mass is 10.0. The Morgan fingerprint density at radius 3 is 2.38 bits per heavy atom. The number of methoxy groups -OCH3 is 1. The summed E-state index contributed by atoms with van der Waals surface area (Å²) in [5.41, 5.74) is 3.44. The highest BCUT2D eigenvalue weighted by atomic mass is 16.5. The number of aryl methyl sites for hydroxylation is 1. The number of aromatic amines is 1. The van der Waals surface area contributed by atoms with E-state index in [-0.39, 0.29) is 0 Å². The van der Waals surface area contributed by atoms with Crippen molar-refractivity contribution in [3.63, 3.8) is 0 Å². The van der Waals surface area contributed by atoms with Crippen molar-refractivity contribution in [2.75, 3.05) is 13.7 Å². The van der Waals surface area contributed by atoms with Gasteiger partial charge in [-0.25, -0.2) is 9.59 Å². The minimum absolute atomic E-state index is 0.317. The number of hydrogen-bond donors (Lipinski definition) is 1. The van der Waals surface area contributed by atoms with Crippen LogP contribution in [0.3, 0.4) is 0 Å². The molecule has 0 saturated carbocycles. The molecular formula is C16H17NO4. The van der Waals surface area contributed by atoms with Gasteiger partial charge in [-0.2, -0.15) is 0 Å². The quantitative estimate of drug-likeness (QED) is 0.878. The molecule has 0 spiro atoms. The van der Waals surface area contributed by atoms with Crippen LogP contribution in [0.15, 0.2) is 30.5 Å². The lowest BCUT2D eigenvalue weighted by Gasteiger charge is -2.07. The highest BCUT2D eigenvalue weighted by Crippen LogP contribution is 2.28. The van der Waals surface area contributed by atoms with Crippen molar-refractivity contribution in [3.05, 3.63) is 47.3 Å². The van der Waals surface area contributed by atoms with Crippen LogP contribution in [0.2, 0.25) is 0 Å². The number of esters is 2. The van der Waals surface area contributed by atoms with Crippen LogP contribution in [0.25, 0.3) is 11.1 Å². The smallest absolute Gasteiger partial charge is 0.355 e. The molecule has 1 heterocycles. The molecule has 2 aromatic rings. The second kappa shape index (κ2) is 6.26. The van der Waals surface area contributed by atoms with Crippen molar-refractivity contribution in [2.24, 2.45) is 0 Å². The molecule has 1 N–H and O–H groups in total. The maximum atomic E-state index is 11.9. The Bertz CT molecular complexity index is 655. The third-order valence-electron chi connectivity index (χ3n) is 3.15. The number of hydrogen-bond acceptors (Lipinski definition) is 4. The van der Waals surface area contributed by atoms with Crippen molar-refractivity contribution < 1.29 is 19.1 Å². The van der Waals surface area contributed by atoms with Gasteiger partial charge in [0.25, 0.3) is 0 Å². The monoisotopic (exact) mass is 287 g/mol. The van der Waals surface area contributed by atoms with Crippen molar-refractivity contribution in [1.29, 1.82) is 0 Å².